The minimum Gasteiger partial charge on any atom is -0.295 e. The van der Waals surface area contributed by atoms with Crippen molar-refractivity contribution >= 4 is 11.5 Å². The molecule has 0 aromatic heterocycles. The lowest BCUT2D eigenvalue weighted by Gasteiger charge is -1.98. The van der Waals surface area contributed by atoms with Gasteiger partial charge in [0.05, 0.1) is 4.92 Å². The van der Waals surface area contributed by atoms with E-state index in [9.17, 15) is 14.9 Å². The number of carbonyl (C=O) groups is 1. The number of ketones is 1. The average molecular weight is 179 g/mol. The Labute approximate surface area is 75.3 Å². The lowest BCUT2D eigenvalue weighted by atomic mass is 10.1. The number of carbonyl (C=O) groups excluding carboxylic acids is 1. The number of hydrogen-bond acceptors (Lipinski definition) is 3. The number of benzene rings is 1. The van der Waals surface area contributed by atoms with Crippen molar-refractivity contribution in [3.8, 4) is 0 Å². The summed E-state index contributed by atoms with van der Waals surface area (Å²) in [6, 6.07) is 4.47. The van der Waals surface area contributed by atoms with Gasteiger partial charge in [0.25, 0.3) is 5.69 Å². The van der Waals surface area contributed by atoms with Crippen LogP contribution in [0.25, 0.3) is 0 Å². The Hall–Kier alpha value is -1.71. The highest BCUT2D eigenvalue weighted by atomic mass is 16.6. The molecule has 1 aromatic carbocycles. The third-order valence-corrected chi connectivity index (χ3v) is 1.81. The zero-order chi connectivity index (χ0) is 10.0. The van der Waals surface area contributed by atoms with Gasteiger partial charge in [-0.15, -0.1) is 0 Å². The zero-order valence-corrected chi connectivity index (χ0v) is 7.40. The van der Waals surface area contributed by atoms with E-state index >= 15 is 0 Å². The fourth-order valence-corrected chi connectivity index (χ4v) is 1.03. The van der Waals surface area contributed by atoms with E-state index in [2.05, 4.69) is 0 Å². The first-order valence-corrected chi connectivity index (χ1v) is 3.78. The van der Waals surface area contributed by atoms with Gasteiger partial charge in [0.15, 0.2) is 5.78 Å². The molecule has 0 fully saturated rings. The number of nitro groups is 1. The summed E-state index contributed by atoms with van der Waals surface area (Å²) in [5.41, 5.74) is 0.931. The first kappa shape index (κ1) is 9.38. The molecule has 0 unspecified atom stereocenters. The summed E-state index contributed by atoms with van der Waals surface area (Å²) in [6.07, 6.45) is 0. The Bertz CT molecular complexity index is 371. The lowest BCUT2D eigenvalue weighted by molar-refractivity contribution is -0.385. The van der Waals surface area contributed by atoms with Crippen molar-refractivity contribution in [1.82, 2.24) is 0 Å². The summed E-state index contributed by atoms with van der Waals surface area (Å²) in [5, 5.41) is 10.5. The molecular formula is C9H9NO3. The van der Waals surface area contributed by atoms with E-state index in [0.717, 1.165) is 0 Å². The molecule has 0 atom stereocenters. The quantitative estimate of drug-likeness (QED) is 0.397. The third-order valence-electron chi connectivity index (χ3n) is 1.81. The Balaban J connectivity index is 3.27. The molecule has 4 heteroatoms. The second-order valence-electron chi connectivity index (χ2n) is 2.81. The highest BCUT2D eigenvalue weighted by Gasteiger charge is 2.12. The molecule has 0 saturated carbocycles. The van der Waals surface area contributed by atoms with Crippen LogP contribution in [0.2, 0.25) is 0 Å². The Morgan fingerprint density at radius 1 is 1.46 bits per heavy atom. The number of rotatable bonds is 2. The Kier molecular flexibility index (Phi) is 2.41. The molecule has 0 heterocycles. The van der Waals surface area contributed by atoms with Gasteiger partial charge in [0, 0.05) is 17.2 Å². The van der Waals surface area contributed by atoms with Gasteiger partial charge in [-0.25, -0.2) is 0 Å². The minimum absolute atomic E-state index is 0.00676. The van der Waals surface area contributed by atoms with Crippen LogP contribution in [0.15, 0.2) is 18.2 Å². The first-order valence-electron chi connectivity index (χ1n) is 3.78. The van der Waals surface area contributed by atoms with Gasteiger partial charge in [0.2, 0.25) is 0 Å². The molecule has 4 nitrogen and oxygen atoms in total. The molecular weight excluding hydrogens is 170 g/mol. The standard InChI is InChI=1S/C9H9NO3/c1-6-3-4-8(7(2)11)5-9(6)10(12)13/h3-5H,1-2H3. The fourth-order valence-electron chi connectivity index (χ4n) is 1.03. The van der Waals surface area contributed by atoms with Gasteiger partial charge in [-0.2, -0.15) is 0 Å². The van der Waals surface area contributed by atoms with Crippen molar-refractivity contribution in [1.29, 1.82) is 0 Å². The predicted molar refractivity (Wildman–Crippen MR) is 47.8 cm³/mol. The van der Waals surface area contributed by atoms with Gasteiger partial charge < -0.3 is 0 Å². The van der Waals surface area contributed by atoms with Crippen LogP contribution in [0.3, 0.4) is 0 Å². The third kappa shape index (κ3) is 1.90. The molecule has 1 rings (SSSR count). The van der Waals surface area contributed by atoms with Crippen molar-refractivity contribution in [3.05, 3.63) is 39.4 Å². The summed E-state index contributed by atoms with van der Waals surface area (Å²) in [7, 11) is 0. The molecule has 68 valence electrons. The summed E-state index contributed by atoms with van der Waals surface area (Å²) in [5.74, 6) is -0.164. The van der Waals surface area contributed by atoms with Crippen molar-refractivity contribution in [3.63, 3.8) is 0 Å². The maximum atomic E-state index is 10.9. The van der Waals surface area contributed by atoms with E-state index in [4.69, 9.17) is 0 Å². The van der Waals surface area contributed by atoms with Gasteiger partial charge in [-0.05, 0) is 13.8 Å². The number of hydrogen-bond donors (Lipinski definition) is 0. The number of Topliss-reactive ketones (excluding diaryl/α,β-unsaturated/α-hetero) is 1. The molecule has 0 aliphatic carbocycles. The summed E-state index contributed by atoms with van der Waals surface area (Å²) in [4.78, 5) is 20.9. The van der Waals surface area contributed by atoms with Crippen LogP contribution in [0.5, 0.6) is 0 Å². The number of nitro benzene ring substituents is 1. The van der Waals surface area contributed by atoms with Crippen LogP contribution in [-0.2, 0) is 0 Å². The summed E-state index contributed by atoms with van der Waals surface area (Å²) < 4.78 is 0. The maximum absolute atomic E-state index is 10.9. The predicted octanol–water partition coefficient (Wildman–Crippen LogP) is 2.11. The molecule has 0 aliphatic rings. The van der Waals surface area contributed by atoms with Crippen LogP contribution >= 0.6 is 0 Å². The molecule has 0 N–H and O–H groups in total. The largest absolute Gasteiger partial charge is 0.295 e. The molecule has 0 spiro atoms. The van der Waals surface area contributed by atoms with Crippen molar-refractivity contribution < 1.29 is 9.72 Å². The molecule has 0 aliphatic heterocycles. The first-order chi connectivity index (χ1) is 6.02. The molecule has 13 heavy (non-hydrogen) atoms. The molecule has 0 amide bonds. The molecule has 0 bridgehead atoms. The normalized spacial score (nSPS) is 9.69. The van der Waals surface area contributed by atoms with E-state index in [1.807, 2.05) is 0 Å². The lowest BCUT2D eigenvalue weighted by Crippen LogP contribution is -1.96. The van der Waals surface area contributed by atoms with E-state index in [-0.39, 0.29) is 11.5 Å². The summed E-state index contributed by atoms with van der Waals surface area (Å²) >= 11 is 0. The van der Waals surface area contributed by atoms with Crippen LogP contribution in [-0.4, -0.2) is 10.7 Å². The van der Waals surface area contributed by atoms with Crippen LogP contribution in [0.1, 0.15) is 22.8 Å². The minimum atomic E-state index is -0.484. The highest BCUT2D eigenvalue weighted by molar-refractivity contribution is 5.94. The van der Waals surface area contributed by atoms with Crippen LogP contribution in [0.4, 0.5) is 5.69 Å². The molecule has 1 aromatic rings. The van der Waals surface area contributed by atoms with E-state index in [1.165, 1.54) is 13.0 Å². The number of nitrogens with zero attached hydrogens (tertiary/aromatic N) is 1. The average Bonchev–Trinajstić information content (AvgIpc) is 2.04. The van der Waals surface area contributed by atoms with Crippen LogP contribution < -0.4 is 0 Å². The fraction of sp³-hybridized carbons (Fsp3) is 0.222. The summed E-state index contributed by atoms with van der Waals surface area (Å²) in [6.45, 7) is 3.02. The second-order valence-corrected chi connectivity index (χ2v) is 2.81. The van der Waals surface area contributed by atoms with E-state index in [0.29, 0.717) is 11.1 Å². The molecule has 0 saturated heterocycles. The van der Waals surface area contributed by atoms with Crippen molar-refractivity contribution in [2.45, 2.75) is 13.8 Å². The van der Waals surface area contributed by atoms with E-state index < -0.39 is 4.92 Å². The van der Waals surface area contributed by atoms with Gasteiger partial charge in [-0.3, -0.25) is 14.9 Å². The monoisotopic (exact) mass is 179 g/mol. The number of aryl methyl sites for hydroxylation is 1. The second kappa shape index (κ2) is 3.35. The van der Waals surface area contributed by atoms with Crippen molar-refractivity contribution in [2.75, 3.05) is 0 Å². The molecule has 0 radical (unpaired) electrons. The van der Waals surface area contributed by atoms with Crippen molar-refractivity contribution in [2.24, 2.45) is 0 Å². The van der Waals surface area contributed by atoms with Gasteiger partial charge in [0.1, 0.15) is 0 Å². The SMILES string of the molecule is CC(=O)c1ccc(C)c([N+](=O)[O-])c1. The van der Waals surface area contributed by atoms with Gasteiger partial charge >= 0.3 is 0 Å². The highest BCUT2D eigenvalue weighted by Crippen LogP contribution is 2.19. The Morgan fingerprint density at radius 2 is 2.08 bits per heavy atom. The van der Waals surface area contributed by atoms with Crippen LogP contribution in [0, 0.1) is 17.0 Å². The van der Waals surface area contributed by atoms with Gasteiger partial charge in [-0.1, -0.05) is 12.1 Å². The smallest absolute Gasteiger partial charge is 0.273 e. The maximum Gasteiger partial charge on any atom is 0.273 e. The topological polar surface area (TPSA) is 60.2 Å². The zero-order valence-electron chi connectivity index (χ0n) is 7.40. The van der Waals surface area contributed by atoms with E-state index in [1.54, 1.807) is 19.1 Å². The Morgan fingerprint density at radius 3 is 2.54 bits per heavy atom.